The number of hydrogen-bond donors (Lipinski definition) is 2. The second kappa shape index (κ2) is 24.7. The molecule has 0 aliphatic carbocycles. The smallest absolute Gasteiger partial charge is 0.0701 e. The van der Waals surface area contributed by atoms with Gasteiger partial charge in [0.05, 0.1) is 66.1 Å². The maximum absolute atomic E-state index is 8.36. The number of hydrogen-bond acceptors (Lipinski definition) is 7. The first kappa shape index (κ1) is 23.0. The molecule has 0 amide bonds. The van der Waals surface area contributed by atoms with Crippen molar-refractivity contribution >= 4 is 0 Å². The topological polar surface area (TPSA) is 86.6 Å². The SMILES string of the molecule is CCOCCOCC.OCCOCCOCCOCCO. The van der Waals surface area contributed by atoms with Gasteiger partial charge in [0.15, 0.2) is 0 Å². The van der Waals surface area contributed by atoms with E-state index in [9.17, 15) is 0 Å². The lowest BCUT2D eigenvalue weighted by Crippen LogP contribution is -2.11. The van der Waals surface area contributed by atoms with E-state index >= 15 is 0 Å². The van der Waals surface area contributed by atoms with Crippen LogP contribution in [-0.4, -0.2) is 89.5 Å². The Morgan fingerprint density at radius 2 is 0.762 bits per heavy atom. The van der Waals surface area contributed by atoms with Crippen LogP contribution in [0.1, 0.15) is 13.8 Å². The lowest BCUT2D eigenvalue weighted by atomic mass is 10.7. The van der Waals surface area contributed by atoms with E-state index in [1.54, 1.807) is 0 Å². The zero-order chi connectivity index (χ0) is 16.0. The summed E-state index contributed by atoms with van der Waals surface area (Å²) in [4.78, 5) is 0. The van der Waals surface area contributed by atoms with Crippen molar-refractivity contribution in [2.75, 3.05) is 79.3 Å². The molecule has 130 valence electrons. The van der Waals surface area contributed by atoms with Crippen LogP contribution in [0.5, 0.6) is 0 Å². The first-order chi connectivity index (χ1) is 10.3. The summed E-state index contributed by atoms with van der Waals surface area (Å²) in [5.41, 5.74) is 0. The Morgan fingerprint density at radius 1 is 0.476 bits per heavy atom. The standard InChI is InChI=1S/C8H18O5.C6H14O2/c9-1-3-11-5-7-13-8-6-12-4-2-10;1-3-7-5-6-8-4-2/h9-10H,1-8H2;3-6H2,1-2H3. The summed E-state index contributed by atoms with van der Waals surface area (Å²) in [6.45, 7) is 9.74. The fourth-order valence-electron chi connectivity index (χ4n) is 1.08. The molecular formula is C14H32O7. The summed E-state index contributed by atoms with van der Waals surface area (Å²) in [7, 11) is 0. The lowest BCUT2D eigenvalue weighted by Gasteiger charge is -2.04. The molecule has 0 aromatic rings. The number of rotatable bonds is 15. The van der Waals surface area contributed by atoms with Gasteiger partial charge in [-0.05, 0) is 13.8 Å². The Kier molecular flexibility index (Phi) is 27.1. The molecule has 0 saturated carbocycles. The highest BCUT2D eigenvalue weighted by Gasteiger charge is 1.90. The maximum Gasteiger partial charge on any atom is 0.0701 e. The Hall–Kier alpha value is -0.280. The van der Waals surface area contributed by atoms with Gasteiger partial charge in [0, 0.05) is 13.2 Å². The van der Waals surface area contributed by atoms with E-state index in [4.69, 9.17) is 33.9 Å². The van der Waals surface area contributed by atoms with Crippen molar-refractivity contribution in [2.45, 2.75) is 13.8 Å². The predicted molar refractivity (Wildman–Crippen MR) is 79.6 cm³/mol. The average molecular weight is 312 g/mol. The van der Waals surface area contributed by atoms with E-state index in [1.807, 2.05) is 13.8 Å². The molecule has 0 rings (SSSR count). The first-order valence-corrected chi connectivity index (χ1v) is 7.43. The van der Waals surface area contributed by atoms with Gasteiger partial charge >= 0.3 is 0 Å². The molecule has 0 heterocycles. The minimum atomic E-state index is 0.0413. The fraction of sp³-hybridized carbons (Fsp3) is 1.00. The zero-order valence-electron chi connectivity index (χ0n) is 13.4. The molecule has 0 aliphatic heterocycles. The fourth-order valence-corrected chi connectivity index (χ4v) is 1.08. The molecule has 0 saturated heterocycles. The third kappa shape index (κ3) is 28.6. The van der Waals surface area contributed by atoms with Crippen molar-refractivity contribution in [3.8, 4) is 0 Å². The summed E-state index contributed by atoms with van der Waals surface area (Å²) in [6, 6.07) is 0. The minimum absolute atomic E-state index is 0.0413. The molecule has 0 spiro atoms. The highest BCUT2D eigenvalue weighted by molar-refractivity contribution is 4.33. The number of aliphatic hydroxyl groups is 2. The second-order valence-corrected chi connectivity index (χ2v) is 3.68. The van der Waals surface area contributed by atoms with Crippen LogP contribution in [0, 0.1) is 0 Å². The molecule has 7 nitrogen and oxygen atoms in total. The van der Waals surface area contributed by atoms with Crippen LogP contribution >= 0.6 is 0 Å². The monoisotopic (exact) mass is 312 g/mol. The van der Waals surface area contributed by atoms with Crippen LogP contribution in [0.3, 0.4) is 0 Å². The molecular weight excluding hydrogens is 280 g/mol. The van der Waals surface area contributed by atoms with Gasteiger partial charge in [0.25, 0.3) is 0 Å². The van der Waals surface area contributed by atoms with Crippen LogP contribution in [0.2, 0.25) is 0 Å². The van der Waals surface area contributed by atoms with Crippen molar-refractivity contribution in [3.05, 3.63) is 0 Å². The molecule has 0 bridgehead atoms. The molecule has 0 aliphatic rings. The molecule has 2 N–H and O–H groups in total. The molecule has 0 aromatic heterocycles. The Labute approximate surface area is 128 Å². The van der Waals surface area contributed by atoms with Crippen LogP contribution < -0.4 is 0 Å². The molecule has 0 unspecified atom stereocenters. The minimum Gasteiger partial charge on any atom is -0.394 e. The summed E-state index contributed by atoms with van der Waals surface area (Å²) in [6.07, 6.45) is 0. The van der Waals surface area contributed by atoms with Gasteiger partial charge in [-0.3, -0.25) is 0 Å². The van der Waals surface area contributed by atoms with Crippen LogP contribution in [0.25, 0.3) is 0 Å². The maximum atomic E-state index is 8.36. The average Bonchev–Trinajstić information content (AvgIpc) is 2.51. The van der Waals surface area contributed by atoms with Gasteiger partial charge in [-0.25, -0.2) is 0 Å². The zero-order valence-corrected chi connectivity index (χ0v) is 13.4. The van der Waals surface area contributed by atoms with E-state index in [0.29, 0.717) is 39.6 Å². The Bertz CT molecular complexity index is 142. The van der Waals surface area contributed by atoms with E-state index in [-0.39, 0.29) is 13.2 Å². The van der Waals surface area contributed by atoms with Gasteiger partial charge in [0.1, 0.15) is 0 Å². The molecule has 21 heavy (non-hydrogen) atoms. The third-order valence-corrected chi connectivity index (χ3v) is 2.00. The number of ether oxygens (including phenoxy) is 5. The van der Waals surface area contributed by atoms with Gasteiger partial charge in [0.2, 0.25) is 0 Å². The van der Waals surface area contributed by atoms with Gasteiger partial charge in [-0.15, -0.1) is 0 Å². The quantitative estimate of drug-likeness (QED) is 0.414. The summed E-state index contributed by atoms with van der Waals surface area (Å²) < 4.78 is 25.0. The van der Waals surface area contributed by atoms with Crippen LogP contribution in [-0.2, 0) is 23.7 Å². The second-order valence-electron chi connectivity index (χ2n) is 3.68. The highest BCUT2D eigenvalue weighted by Crippen LogP contribution is 1.80. The van der Waals surface area contributed by atoms with Gasteiger partial charge in [-0.1, -0.05) is 0 Å². The summed E-state index contributed by atoms with van der Waals surface area (Å²) in [5, 5.41) is 16.7. The van der Waals surface area contributed by atoms with Crippen molar-refractivity contribution < 1.29 is 33.9 Å². The van der Waals surface area contributed by atoms with E-state index in [0.717, 1.165) is 26.4 Å². The Balaban J connectivity index is 0. The van der Waals surface area contributed by atoms with E-state index < -0.39 is 0 Å². The highest BCUT2D eigenvalue weighted by atomic mass is 16.5. The van der Waals surface area contributed by atoms with E-state index in [2.05, 4.69) is 0 Å². The summed E-state index contributed by atoms with van der Waals surface area (Å²) in [5.74, 6) is 0. The first-order valence-electron chi connectivity index (χ1n) is 7.43. The third-order valence-electron chi connectivity index (χ3n) is 2.00. The van der Waals surface area contributed by atoms with E-state index in [1.165, 1.54) is 0 Å². The Morgan fingerprint density at radius 3 is 1.05 bits per heavy atom. The molecule has 0 aromatic carbocycles. The van der Waals surface area contributed by atoms with Gasteiger partial charge in [-0.2, -0.15) is 0 Å². The summed E-state index contributed by atoms with van der Waals surface area (Å²) >= 11 is 0. The normalized spacial score (nSPS) is 10.3. The molecule has 7 heteroatoms. The largest absolute Gasteiger partial charge is 0.394 e. The molecule has 0 fully saturated rings. The number of aliphatic hydroxyl groups excluding tert-OH is 2. The van der Waals surface area contributed by atoms with Crippen molar-refractivity contribution in [1.29, 1.82) is 0 Å². The van der Waals surface area contributed by atoms with Crippen molar-refractivity contribution in [2.24, 2.45) is 0 Å². The van der Waals surface area contributed by atoms with Crippen LogP contribution in [0.4, 0.5) is 0 Å². The predicted octanol–water partition coefficient (Wildman–Crippen LogP) is 0.0802. The molecule has 0 radical (unpaired) electrons. The van der Waals surface area contributed by atoms with Crippen LogP contribution in [0.15, 0.2) is 0 Å². The van der Waals surface area contributed by atoms with Crippen molar-refractivity contribution in [1.82, 2.24) is 0 Å². The molecule has 0 atom stereocenters. The van der Waals surface area contributed by atoms with Crippen molar-refractivity contribution in [3.63, 3.8) is 0 Å². The lowest BCUT2D eigenvalue weighted by molar-refractivity contribution is 0.00230. The van der Waals surface area contributed by atoms with Gasteiger partial charge < -0.3 is 33.9 Å².